The molecule has 1 heterocycles. The van der Waals surface area contributed by atoms with Crippen molar-refractivity contribution in [3.05, 3.63) is 24.6 Å². The van der Waals surface area contributed by atoms with E-state index in [0.29, 0.717) is 42.5 Å². The van der Waals surface area contributed by atoms with Gasteiger partial charge in [0.1, 0.15) is 5.52 Å². The SMILES string of the molecule is CC(C)S(=O)(=O)N[C@H]1CC[C@H](C(=O)Nc2ccc3ocnc3c2)CC1. The molecule has 8 heteroatoms. The average Bonchev–Trinajstić information content (AvgIpc) is 3.02. The monoisotopic (exact) mass is 365 g/mol. The van der Waals surface area contributed by atoms with Crippen LogP contribution in [0.15, 0.2) is 29.0 Å². The van der Waals surface area contributed by atoms with E-state index >= 15 is 0 Å². The summed E-state index contributed by atoms with van der Waals surface area (Å²) in [5.41, 5.74) is 2.06. The summed E-state index contributed by atoms with van der Waals surface area (Å²) < 4.78 is 31.8. The van der Waals surface area contributed by atoms with Gasteiger partial charge in [0.05, 0.1) is 5.25 Å². The fourth-order valence-electron chi connectivity index (χ4n) is 3.02. The lowest BCUT2D eigenvalue weighted by molar-refractivity contribution is -0.120. The Hall–Kier alpha value is -1.93. The van der Waals surface area contributed by atoms with Crippen LogP contribution in [0.25, 0.3) is 11.1 Å². The third kappa shape index (κ3) is 4.19. The number of hydrogen-bond acceptors (Lipinski definition) is 5. The van der Waals surface area contributed by atoms with Crippen LogP contribution in [0.5, 0.6) is 0 Å². The molecular weight excluding hydrogens is 342 g/mol. The average molecular weight is 365 g/mol. The molecule has 1 aliphatic rings. The molecule has 0 saturated heterocycles. The zero-order chi connectivity index (χ0) is 18.0. The molecule has 0 unspecified atom stereocenters. The zero-order valence-electron chi connectivity index (χ0n) is 14.4. The van der Waals surface area contributed by atoms with Crippen molar-refractivity contribution in [3.63, 3.8) is 0 Å². The van der Waals surface area contributed by atoms with Gasteiger partial charge < -0.3 is 9.73 Å². The fourth-order valence-corrected chi connectivity index (χ4v) is 3.99. The van der Waals surface area contributed by atoms with Gasteiger partial charge in [0.2, 0.25) is 15.9 Å². The number of aromatic nitrogens is 1. The molecule has 2 N–H and O–H groups in total. The summed E-state index contributed by atoms with van der Waals surface area (Å²) in [5.74, 6) is -0.138. The second-order valence-corrected chi connectivity index (χ2v) is 9.05. The molecule has 1 aromatic carbocycles. The van der Waals surface area contributed by atoms with E-state index in [2.05, 4.69) is 15.0 Å². The van der Waals surface area contributed by atoms with Crippen molar-refractivity contribution >= 4 is 32.7 Å². The molecule has 7 nitrogen and oxygen atoms in total. The molecule has 1 aliphatic carbocycles. The van der Waals surface area contributed by atoms with Crippen LogP contribution >= 0.6 is 0 Å². The fraction of sp³-hybridized carbons (Fsp3) is 0.529. The third-order valence-corrected chi connectivity index (χ3v) is 6.55. The first-order valence-corrected chi connectivity index (χ1v) is 10.0. The molecular formula is C17H23N3O4S. The Bertz CT molecular complexity index is 852. The molecule has 0 atom stereocenters. The maximum absolute atomic E-state index is 12.4. The highest BCUT2D eigenvalue weighted by molar-refractivity contribution is 7.90. The van der Waals surface area contributed by atoms with E-state index in [9.17, 15) is 13.2 Å². The quantitative estimate of drug-likeness (QED) is 0.848. The number of benzene rings is 1. The molecule has 0 bridgehead atoms. The number of fused-ring (bicyclic) bond motifs is 1. The van der Waals surface area contributed by atoms with Crippen LogP contribution in [0.1, 0.15) is 39.5 Å². The van der Waals surface area contributed by atoms with Crippen LogP contribution in [-0.4, -0.2) is 30.6 Å². The minimum absolute atomic E-state index is 0.0342. The summed E-state index contributed by atoms with van der Waals surface area (Å²) in [4.78, 5) is 16.5. The van der Waals surface area contributed by atoms with Gasteiger partial charge in [-0.15, -0.1) is 0 Å². The van der Waals surface area contributed by atoms with Gasteiger partial charge in [-0.05, 0) is 57.7 Å². The van der Waals surface area contributed by atoms with Crippen molar-refractivity contribution in [1.29, 1.82) is 0 Å². The van der Waals surface area contributed by atoms with E-state index in [0.717, 1.165) is 0 Å². The molecule has 0 aliphatic heterocycles. The third-order valence-electron chi connectivity index (χ3n) is 4.65. The lowest BCUT2D eigenvalue weighted by Gasteiger charge is -2.28. The van der Waals surface area contributed by atoms with Crippen molar-refractivity contribution < 1.29 is 17.6 Å². The van der Waals surface area contributed by atoms with E-state index in [1.165, 1.54) is 6.39 Å². The highest BCUT2D eigenvalue weighted by Gasteiger charge is 2.29. The number of anilines is 1. The van der Waals surface area contributed by atoms with Crippen molar-refractivity contribution in [2.75, 3.05) is 5.32 Å². The van der Waals surface area contributed by atoms with Crippen molar-refractivity contribution in [2.24, 2.45) is 5.92 Å². The largest absolute Gasteiger partial charge is 0.443 e. The van der Waals surface area contributed by atoms with Crippen LogP contribution < -0.4 is 10.0 Å². The van der Waals surface area contributed by atoms with Crippen LogP contribution in [-0.2, 0) is 14.8 Å². The molecule has 0 spiro atoms. The van der Waals surface area contributed by atoms with Gasteiger partial charge in [0.15, 0.2) is 12.0 Å². The number of nitrogens with zero attached hydrogens (tertiary/aromatic N) is 1. The Morgan fingerprint density at radius 2 is 1.96 bits per heavy atom. The maximum atomic E-state index is 12.4. The number of oxazole rings is 1. The second kappa shape index (κ2) is 7.13. The highest BCUT2D eigenvalue weighted by Crippen LogP contribution is 2.27. The summed E-state index contributed by atoms with van der Waals surface area (Å²) in [6.07, 6.45) is 4.06. The summed E-state index contributed by atoms with van der Waals surface area (Å²) >= 11 is 0. The molecule has 1 fully saturated rings. The van der Waals surface area contributed by atoms with Gasteiger partial charge in [-0.1, -0.05) is 0 Å². The van der Waals surface area contributed by atoms with Crippen LogP contribution in [0.2, 0.25) is 0 Å². The smallest absolute Gasteiger partial charge is 0.227 e. The number of carbonyl (C=O) groups excluding carboxylic acids is 1. The second-order valence-electron chi connectivity index (χ2n) is 6.78. The number of nitrogens with one attached hydrogen (secondary N) is 2. The molecule has 2 aromatic rings. The summed E-state index contributed by atoms with van der Waals surface area (Å²) in [5, 5.41) is 2.47. The molecule has 136 valence electrons. The first-order valence-electron chi connectivity index (χ1n) is 8.50. The number of hydrogen-bond donors (Lipinski definition) is 2. The minimum Gasteiger partial charge on any atom is -0.443 e. The lowest BCUT2D eigenvalue weighted by Crippen LogP contribution is -2.42. The topological polar surface area (TPSA) is 101 Å². The summed E-state index contributed by atoms with van der Waals surface area (Å²) in [7, 11) is -3.27. The number of amides is 1. The molecule has 25 heavy (non-hydrogen) atoms. The van der Waals surface area contributed by atoms with Gasteiger partial charge in [0, 0.05) is 17.6 Å². The first-order chi connectivity index (χ1) is 11.8. The molecule has 1 saturated carbocycles. The van der Waals surface area contributed by atoms with E-state index in [4.69, 9.17) is 4.42 Å². The van der Waals surface area contributed by atoms with Gasteiger partial charge in [-0.3, -0.25) is 4.79 Å². The van der Waals surface area contributed by atoms with Gasteiger partial charge in [-0.2, -0.15) is 0 Å². The van der Waals surface area contributed by atoms with E-state index in [-0.39, 0.29) is 17.9 Å². The van der Waals surface area contributed by atoms with Crippen LogP contribution in [0, 0.1) is 5.92 Å². The number of rotatable bonds is 5. The predicted octanol–water partition coefficient (Wildman–Crippen LogP) is 2.65. The molecule has 3 rings (SSSR count). The summed E-state index contributed by atoms with van der Waals surface area (Å²) in [6, 6.07) is 5.26. The molecule has 1 amide bonds. The van der Waals surface area contributed by atoms with Crippen molar-refractivity contribution in [1.82, 2.24) is 9.71 Å². The number of sulfonamides is 1. The van der Waals surface area contributed by atoms with Crippen LogP contribution in [0.4, 0.5) is 5.69 Å². The van der Waals surface area contributed by atoms with E-state index < -0.39 is 15.3 Å². The van der Waals surface area contributed by atoms with Crippen molar-refractivity contribution in [2.45, 2.75) is 50.8 Å². The first kappa shape index (κ1) is 17.9. The highest BCUT2D eigenvalue weighted by atomic mass is 32.2. The van der Waals surface area contributed by atoms with Crippen molar-refractivity contribution in [3.8, 4) is 0 Å². The van der Waals surface area contributed by atoms with Gasteiger partial charge in [0.25, 0.3) is 0 Å². The Labute approximate surface area is 147 Å². The van der Waals surface area contributed by atoms with Gasteiger partial charge >= 0.3 is 0 Å². The van der Waals surface area contributed by atoms with E-state index in [1.54, 1.807) is 32.0 Å². The van der Waals surface area contributed by atoms with E-state index in [1.807, 2.05) is 0 Å². The lowest BCUT2D eigenvalue weighted by atomic mass is 9.86. The van der Waals surface area contributed by atoms with Gasteiger partial charge in [-0.25, -0.2) is 18.1 Å². The predicted molar refractivity (Wildman–Crippen MR) is 95.6 cm³/mol. The zero-order valence-corrected chi connectivity index (χ0v) is 15.2. The minimum atomic E-state index is -3.27. The Morgan fingerprint density at radius 3 is 2.64 bits per heavy atom. The normalized spacial score (nSPS) is 21.6. The standard InChI is InChI=1S/C17H23N3O4S/c1-11(2)25(22,23)20-13-5-3-12(4-6-13)17(21)19-14-7-8-16-15(9-14)18-10-24-16/h7-13,20H,3-6H2,1-2H3,(H,19,21)/t12-,13-. The Kier molecular flexibility index (Phi) is 5.10. The summed E-state index contributed by atoms with van der Waals surface area (Å²) in [6.45, 7) is 3.32. The number of carbonyl (C=O) groups is 1. The Morgan fingerprint density at radius 1 is 1.24 bits per heavy atom. The van der Waals surface area contributed by atoms with Crippen LogP contribution in [0.3, 0.4) is 0 Å². The maximum Gasteiger partial charge on any atom is 0.227 e. The Balaban J connectivity index is 1.54. The molecule has 0 radical (unpaired) electrons. The molecule has 1 aromatic heterocycles.